The molecule has 1 unspecified atom stereocenters. The lowest BCUT2D eigenvalue weighted by Crippen LogP contribution is -2.39. The maximum atomic E-state index is 13.5. The average molecular weight is 475 g/mol. The van der Waals surface area contributed by atoms with Gasteiger partial charge in [0.2, 0.25) is 21.7 Å². The van der Waals surface area contributed by atoms with Gasteiger partial charge in [-0.15, -0.1) is 0 Å². The number of hydrogen-bond acceptors (Lipinski definition) is 7. The minimum absolute atomic E-state index is 0.108. The van der Waals surface area contributed by atoms with Crippen LogP contribution in [0.1, 0.15) is 35.0 Å². The molecule has 3 aromatic rings. The van der Waals surface area contributed by atoms with Crippen LogP contribution in [0.15, 0.2) is 51.9 Å². The topological polar surface area (TPSA) is 115 Å². The first-order valence-electron chi connectivity index (χ1n) is 10.3. The second kappa shape index (κ2) is 9.28. The summed E-state index contributed by atoms with van der Waals surface area (Å²) in [6.45, 7) is 0.851. The molecule has 1 aliphatic rings. The molecule has 1 saturated heterocycles. The van der Waals surface area contributed by atoms with Crippen molar-refractivity contribution in [3.8, 4) is 17.1 Å². The molecule has 33 heavy (non-hydrogen) atoms. The monoisotopic (exact) mass is 474 g/mol. The normalized spacial score (nSPS) is 16.6. The number of halogens is 1. The fourth-order valence-corrected chi connectivity index (χ4v) is 4.74. The van der Waals surface area contributed by atoms with Crippen LogP contribution in [-0.4, -0.2) is 56.6 Å². The standard InChI is InChI=1S/C22H23FN4O5S/c1-24-33(29,30)19-12-15(8-9-18(19)31-2)22(28)27-10-4-6-16(13-27)21-25-20(26-32-21)14-5-3-7-17(23)11-14/h3,5,7-9,11-12,16,24H,4,6,10,13H2,1-2H3. The number of rotatable bonds is 6. The number of aromatic nitrogens is 2. The zero-order chi connectivity index (χ0) is 23.6. The van der Waals surface area contributed by atoms with Gasteiger partial charge in [-0.1, -0.05) is 17.3 Å². The molecule has 11 heteroatoms. The maximum absolute atomic E-state index is 13.5. The van der Waals surface area contributed by atoms with Crippen LogP contribution in [0.4, 0.5) is 4.39 Å². The highest BCUT2D eigenvalue weighted by Gasteiger charge is 2.30. The second-order valence-electron chi connectivity index (χ2n) is 7.63. The van der Waals surface area contributed by atoms with Crippen LogP contribution in [-0.2, 0) is 10.0 Å². The van der Waals surface area contributed by atoms with Gasteiger partial charge in [-0.3, -0.25) is 4.79 Å². The highest BCUT2D eigenvalue weighted by Crippen LogP contribution is 2.30. The van der Waals surface area contributed by atoms with Gasteiger partial charge in [0.1, 0.15) is 16.5 Å². The first kappa shape index (κ1) is 22.9. The summed E-state index contributed by atoms with van der Waals surface area (Å²) in [7, 11) is -1.16. The third kappa shape index (κ3) is 4.74. The zero-order valence-electron chi connectivity index (χ0n) is 18.1. The van der Waals surface area contributed by atoms with Crippen LogP contribution in [0.2, 0.25) is 0 Å². The molecule has 1 fully saturated rings. The van der Waals surface area contributed by atoms with Crippen LogP contribution in [0.25, 0.3) is 11.4 Å². The van der Waals surface area contributed by atoms with E-state index in [-0.39, 0.29) is 33.9 Å². The number of carbonyl (C=O) groups excluding carboxylic acids is 1. The van der Waals surface area contributed by atoms with Crippen LogP contribution < -0.4 is 9.46 Å². The number of carbonyl (C=O) groups is 1. The van der Waals surface area contributed by atoms with Crippen molar-refractivity contribution in [2.75, 3.05) is 27.2 Å². The molecule has 1 atom stereocenters. The smallest absolute Gasteiger partial charge is 0.253 e. The average Bonchev–Trinajstić information content (AvgIpc) is 3.34. The van der Waals surface area contributed by atoms with Gasteiger partial charge in [-0.05, 0) is 50.2 Å². The number of likely N-dealkylation sites (tertiary alicyclic amines) is 1. The molecular weight excluding hydrogens is 451 g/mol. The highest BCUT2D eigenvalue weighted by molar-refractivity contribution is 7.89. The highest BCUT2D eigenvalue weighted by atomic mass is 32.2. The van der Waals surface area contributed by atoms with Crippen molar-refractivity contribution < 1.29 is 26.9 Å². The van der Waals surface area contributed by atoms with Crippen molar-refractivity contribution in [3.63, 3.8) is 0 Å². The summed E-state index contributed by atoms with van der Waals surface area (Å²) < 4.78 is 51.0. The van der Waals surface area contributed by atoms with Crippen LogP contribution >= 0.6 is 0 Å². The van der Waals surface area contributed by atoms with Crippen molar-refractivity contribution in [3.05, 3.63) is 59.7 Å². The third-order valence-electron chi connectivity index (χ3n) is 5.55. The molecule has 0 bridgehead atoms. The fourth-order valence-electron chi connectivity index (χ4n) is 3.82. The van der Waals surface area contributed by atoms with E-state index in [1.165, 1.54) is 44.5 Å². The lowest BCUT2D eigenvalue weighted by Gasteiger charge is -2.31. The van der Waals surface area contributed by atoms with Crippen molar-refractivity contribution >= 4 is 15.9 Å². The zero-order valence-corrected chi connectivity index (χ0v) is 18.9. The van der Waals surface area contributed by atoms with Crippen molar-refractivity contribution in [2.45, 2.75) is 23.7 Å². The largest absolute Gasteiger partial charge is 0.495 e. The molecule has 1 aromatic heterocycles. The number of ether oxygens (including phenoxy) is 1. The van der Waals surface area contributed by atoms with E-state index in [0.29, 0.717) is 31.0 Å². The number of sulfonamides is 1. The number of nitrogens with zero attached hydrogens (tertiary/aromatic N) is 3. The van der Waals surface area contributed by atoms with Gasteiger partial charge < -0.3 is 14.2 Å². The Bertz CT molecular complexity index is 1280. The van der Waals surface area contributed by atoms with Crippen LogP contribution in [0.5, 0.6) is 5.75 Å². The summed E-state index contributed by atoms with van der Waals surface area (Å²) in [6.07, 6.45) is 1.46. The van der Waals surface area contributed by atoms with Gasteiger partial charge in [0.15, 0.2) is 0 Å². The summed E-state index contributed by atoms with van der Waals surface area (Å²) in [6, 6.07) is 10.2. The summed E-state index contributed by atoms with van der Waals surface area (Å²) in [5.41, 5.74) is 0.738. The predicted molar refractivity (Wildman–Crippen MR) is 117 cm³/mol. The van der Waals surface area contributed by atoms with E-state index in [2.05, 4.69) is 14.9 Å². The number of amides is 1. The lowest BCUT2D eigenvalue weighted by molar-refractivity contribution is 0.0695. The Morgan fingerprint density at radius 2 is 2.09 bits per heavy atom. The van der Waals surface area contributed by atoms with E-state index < -0.39 is 15.8 Å². The van der Waals surface area contributed by atoms with Gasteiger partial charge in [0.25, 0.3) is 5.91 Å². The third-order valence-corrected chi connectivity index (χ3v) is 6.99. The van der Waals surface area contributed by atoms with Crippen molar-refractivity contribution in [1.82, 2.24) is 19.8 Å². The Kier molecular flexibility index (Phi) is 6.43. The first-order chi connectivity index (χ1) is 15.8. The molecule has 2 aromatic carbocycles. The minimum Gasteiger partial charge on any atom is -0.495 e. The van der Waals surface area contributed by atoms with Gasteiger partial charge in [0, 0.05) is 24.2 Å². The van der Waals surface area contributed by atoms with Gasteiger partial charge in [0.05, 0.1) is 13.0 Å². The Morgan fingerprint density at radius 1 is 1.27 bits per heavy atom. The quantitative estimate of drug-likeness (QED) is 0.584. The molecule has 0 spiro atoms. The van der Waals surface area contributed by atoms with Gasteiger partial charge >= 0.3 is 0 Å². The summed E-state index contributed by atoms with van der Waals surface area (Å²) in [5.74, 6) is -0.0819. The Balaban J connectivity index is 1.55. The Labute approximate surface area is 190 Å². The molecule has 0 radical (unpaired) electrons. The predicted octanol–water partition coefficient (Wildman–Crippen LogP) is 2.81. The van der Waals surface area contributed by atoms with E-state index in [1.54, 1.807) is 17.0 Å². The van der Waals surface area contributed by atoms with Gasteiger partial charge in [-0.2, -0.15) is 4.98 Å². The summed E-state index contributed by atoms with van der Waals surface area (Å²) >= 11 is 0. The van der Waals surface area contributed by atoms with E-state index in [1.807, 2.05) is 0 Å². The second-order valence-corrected chi connectivity index (χ2v) is 9.49. The first-order valence-corrected chi connectivity index (χ1v) is 11.8. The molecule has 0 saturated carbocycles. The molecule has 1 aliphatic heterocycles. The Hall–Kier alpha value is -3.31. The number of nitrogens with one attached hydrogen (secondary N) is 1. The van der Waals surface area contributed by atoms with Crippen molar-refractivity contribution in [2.24, 2.45) is 0 Å². The van der Waals surface area contributed by atoms with Crippen LogP contribution in [0.3, 0.4) is 0 Å². The molecular formula is C22H23FN4O5S. The summed E-state index contributed by atoms with van der Waals surface area (Å²) in [4.78, 5) is 19.1. The minimum atomic E-state index is -3.81. The van der Waals surface area contributed by atoms with E-state index >= 15 is 0 Å². The SMILES string of the molecule is CNS(=O)(=O)c1cc(C(=O)N2CCCC(c3nc(-c4cccc(F)c4)no3)C2)ccc1OC. The molecule has 1 N–H and O–H groups in total. The Morgan fingerprint density at radius 3 is 2.82 bits per heavy atom. The van der Waals surface area contributed by atoms with E-state index in [9.17, 15) is 17.6 Å². The molecule has 1 amide bonds. The number of methoxy groups -OCH3 is 1. The van der Waals surface area contributed by atoms with Crippen LogP contribution in [0, 0.1) is 5.82 Å². The summed E-state index contributed by atoms with van der Waals surface area (Å²) in [5, 5.41) is 3.95. The lowest BCUT2D eigenvalue weighted by atomic mass is 9.97. The van der Waals surface area contributed by atoms with E-state index in [0.717, 1.165) is 6.42 Å². The molecule has 9 nitrogen and oxygen atoms in total. The number of benzene rings is 2. The number of hydrogen-bond donors (Lipinski definition) is 1. The van der Waals surface area contributed by atoms with Gasteiger partial charge in [-0.25, -0.2) is 17.5 Å². The molecule has 174 valence electrons. The maximum Gasteiger partial charge on any atom is 0.253 e. The number of piperidine rings is 1. The van der Waals surface area contributed by atoms with E-state index in [4.69, 9.17) is 9.26 Å². The fraction of sp³-hybridized carbons (Fsp3) is 0.318. The molecule has 0 aliphatic carbocycles. The molecule has 2 heterocycles. The van der Waals surface area contributed by atoms with Crippen molar-refractivity contribution in [1.29, 1.82) is 0 Å². The molecule has 4 rings (SSSR count).